The summed E-state index contributed by atoms with van der Waals surface area (Å²) in [5.74, 6) is 1.45. The molecule has 25 heavy (non-hydrogen) atoms. The molecule has 0 spiro atoms. The van der Waals surface area contributed by atoms with Crippen molar-refractivity contribution >= 4 is 34.1 Å². The van der Waals surface area contributed by atoms with Gasteiger partial charge in [-0.2, -0.15) is 0 Å². The second-order valence-corrected chi connectivity index (χ2v) is 7.33. The minimum Gasteiger partial charge on any atom is -0.302 e. The fourth-order valence-corrected chi connectivity index (χ4v) is 4.15. The largest absolute Gasteiger partial charge is 0.302 e. The van der Waals surface area contributed by atoms with Crippen molar-refractivity contribution in [1.29, 1.82) is 0 Å². The Morgan fingerprint density at radius 2 is 2.20 bits per heavy atom. The van der Waals surface area contributed by atoms with Gasteiger partial charge in [-0.3, -0.25) is 4.79 Å². The first kappa shape index (κ1) is 17.6. The van der Waals surface area contributed by atoms with Gasteiger partial charge in [0.1, 0.15) is 0 Å². The maximum absolute atomic E-state index is 11.1. The standard InChI is InChI=1S/C17H19N5OS2/c1-4-22-15(13-7-5-6-11(2)8-13)20-21-17(22)25-10-14-9-24-16(19-14)18-12(3)23/h5-9H,4,10H2,1-3H3,(H,18,19,23). The smallest absolute Gasteiger partial charge is 0.223 e. The Bertz CT molecular complexity index is 887. The first-order valence-electron chi connectivity index (χ1n) is 7.92. The van der Waals surface area contributed by atoms with Crippen LogP contribution in [0, 0.1) is 6.92 Å². The number of thiazole rings is 1. The molecule has 2 aromatic heterocycles. The van der Waals surface area contributed by atoms with Gasteiger partial charge in [0.05, 0.1) is 5.69 Å². The summed E-state index contributed by atoms with van der Waals surface area (Å²) in [5, 5.41) is 14.9. The molecule has 3 rings (SSSR count). The van der Waals surface area contributed by atoms with Crippen LogP contribution in [0.25, 0.3) is 11.4 Å². The molecule has 0 radical (unpaired) electrons. The molecule has 1 amide bonds. The molecule has 0 saturated heterocycles. The van der Waals surface area contributed by atoms with Crippen LogP contribution >= 0.6 is 23.1 Å². The van der Waals surface area contributed by atoms with Crippen LogP contribution in [-0.2, 0) is 17.1 Å². The molecule has 6 nitrogen and oxygen atoms in total. The Labute approximate surface area is 154 Å². The van der Waals surface area contributed by atoms with Gasteiger partial charge in [-0.25, -0.2) is 4.98 Å². The highest BCUT2D eigenvalue weighted by Crippen LogP contribution is 2.27. The summed E-state index contributed by atoms with van der Waals surface area (Å²) in [5.41, 5.74) is 3.19. The van der Waals surface area contributed by atoms with Crippen LogP contribution in [-0.4, -0.2) is 25.7 Å². The normalized spacial score (nSPS) is 10.8. The van der Waals surface area contributed by atoms with E-state index in [-0.39, 0.29) is 5.91 Å². The van der Waals surface area contributed by atoms with E-state index in [0.29, 0.717) is 10.9 Å². The van der Waals surface area contributed by atoms with Crippen molar-refractivity contribution in [2.75, 3.05) is 5.32 Å². The fourth-order valence-electron chi connectivity index (χ4n) is 2.40. The Morgan fingerprint density at radius 1 is 1.36 bits per heavy atom. The molecule has 0 aliphatic carbocycles. The van der Waals surface area contributed by atoms with Gasteiger partial charge in [0, 0.05) is 30.2 Å². The highest BCUT2D eigenvalue weighted by atomic mass is 32.2. The first-order valence-corrected chi connectivity index (χ1v) is 9.78. The predicted octanol–water partition coefficient (Wildman–Crippen LogP) is 3.98. The molecule has 0 aliphatic rings. The van der Waals surface area contributed by atoms with Gasteiger partial charge < -0.3 is 9.88 Å². The zero-order chi connectivity index (χ0) is 17.8. The van der Waals surface area contributed by atoms with Crippen LogP contribution in [0.4, 0.5) is 5.13 Å². The highest BCUT2D eigenvalue weighted by Gasteiger charge is 2.14. The number of aromatic nitrogens is 4. The van der Waals surface area contributed by atoms with Crippen molar-refractivity contribution in [3.05, 3.63) is 40.9 Å². The molecule has 1 N–H and O–H groups in total. The molecule has 0 unspecified atom stereocenters. The van der Waals surface area contributed by atoms with Gasteiger partial charge in [0.15, 0.2) is 16.1 Å². The number of hydrogen-bond acceptors (Lipinski definition) is 6. The van der Waals surface area contributed by atoms with Crippen LogP contribution in [0.5, 0.6) is 0 Å². The molecule has 0 atom stereocenters. The number of carbonyl (C=O) groups excluding carboxylic acids is 1. The number of amides is 1. The molecule has 2 heterocycles. The second-order valence-electron chi connectivity index (χ2n) is 5.53. The number of thioether (sulfide) groups is 1. The molecule has 0 bridgehead atoms. The molecule has 0 saturated carbocycles. The van der Waals surface area contributed by atoms with Gasteiger partial charge in [0.25, 0.3) is 0 Å². The second kappa shape index (κ2) is 7.79. The molecular weight excluding hydrogens is 354 g/mol. The molecule has 3 aromatic rings. The van der Waals surface area contributed by atoms with Crippen molar-refractivity contribution < 1.29 is 4.79 Å². The predicted molar refractivity (Wildman–Crippen MR) is 102 cm³/mol. The van der Waals surface area contributed by atoms with Crippen molar-refractivity contribution in [3.63, 3.8) is 0 Å². The lowest BCUT2D eigenvalue weighted by molar-refractivity contribution is -0.114. The Kier molecular flexibility index (Phi) is 5.50. The summed E-state index contributed by atoms with van der Waals surface area (Å²) < 4.78 is 2.11. The summed E-state index contributed by atoms with van der Waals surface area (Å²) >= 11 is 3.02. The van der Waals surface area contributed by atoms with E-state index in [2.05, 4.69) is 57.1 Å². The SMILES string of the molecule is CCn1c(SCc2csc(NC(C)=O)n2)nnc1-c1cccc(C)c1. The Balaban J connectivity index is 1.75. The van der Waals surface area contributed by atoms with Crippen LogP contribution in [0.15, 0.2) is 34.8 Å². The third-order valence-electron chi connectivity index (χ3n) is 3.49. The van der Waals surface area contributed by atoms with Crippen LogP contribution in [0.3, 0.4) is 0 Å². The quantitative estimate of drug-likeness (QED) is 0.662. The number of nitrogens with zero attached hydrogens (tertiary/aromatic N) is 4. The number of benzene rings is 1. The maximum Gasteiger partial charge on any atom is 0.223 e. The third kappa shape index (κ3) is 4.26. The number of rotatable bonds is 6. The zero-order valence-electron chi connectivity index (χ0n) is 14.3. The minimum atomic E-state index is -0.109. The van der Waals surface area contributed by atoms with Gasteiger partial charge in [-0.1, -0.05) is 35.5 Å². The number of hydrogen-bond donors (Lipinski definition) is 1. The number of aryl methyl sites for hydroxylation is 1. The molecule has 0 aliphatic heterocycles. The van der Waals surface area contributed by atoms with E-state index in [1.54, 1.807) is 11.8 Å². The van der Waals surface area contributed by atoms with E-state index in [4.69, 9.17) is 0 Å². The summed E-state index contributed by atoms with van der Waals surface area (Å²) in [6.45, 7) is 6.43. The van der Waals surface area contributed by atoms with E-state index in [9.17, 15) is 4.79 Å². The number of anilines is 1. The van der Waals surface area contributed by atoms with E-state index >= 15 is 0 Å². The van der Waals surface area contributed by atoms with Gasteiger partial charge >= 0.3 is 0 Å². The van der Waals surface area contributed by atoms with Crippen LogP contribution in [0.2, 0.25) is 0 Å². The van der Waals surface area contributed by atoms with Crippen LogP contribution in [0.1, 0.15) is 25.1 Å². The van der Waals surface area contributed by atoms with E-state index in [1.807, 2.05) is 11.4 Å². The summed E-state index contributed by atoms with van der Waals surface area (Å²) in [6, 6.07) is 8.27. The highest BCUT2D eigenvalue weighted by molar-refractivity contribution is 7.98. The number of carbonyl (C=O) groups is 1. The monoisotopic (exact) mass is 373 g/mol. The van der Waals surface area contributed by atoms with Crippen LogP contribution < -0.4 is 5.32 Å². The lowest BCUT2D eigenvalue weighted by atomic mass is 10.1. The lowest BCUT2D eigenvalue weighted by Gasteiger charge is -2.07. The van der Waals surface area contributed by atoms with Crippen molar-refractivity contribution in [3.8, 4) is 11.4 Å². The average molecular weight is 374 g/mol. The average Bonchev–Trinajstić information content (AvgIpc) is 3.18. The lowest BCUT2D eigenvalue weighted by Crippen LogP contribution is -2.05. The van der Waals surface area contributed by atoms with E-state index in [1.165, 1.54) is 23.8 Å². The molecule has 0 fully saturated rings. The van der Waals surface area contributed by atoms with E-state index in [0.717, 1.165) is 28.8 Å². The maximum atomic E-state index is 11.1. The topological polar surface area (TPSA) is 72.7 Å². The van der Waals surface area contributed by atoms with Gasteiger partial charge in [0.2, 0.25) is 5.91 Å². The summed E-state index contributed by atoms with van der Waals surface area (Å²) in [7, 11) is 0. The minimum absolute atomic E-state index is 0.109. The molecule has 8 heteroatoms. The summed E-state index contributed by atoms with van der Waals surface area (Å²) in [6.07, 6.45) is 0. The third-order valence-corrected chi connectivity index (χ3v) is 5.30. The Morgan fingerprint density at radius 3 is 2.92 bits per heavy atom. The van der Waals surface area contributed by atoms with Crippen molar-refractivity contribution in [2.45, 2.75) is 38.2 Å². The van der Waals surface area contributed by atoms with Crippen molar-refractivity contribution in [1.82, 2.24) is 19.7 Å². The van der Waals surface area contributed by atoms with Gasteiger partial charge in [-0.15, -0.1) is 21.5 Å². The fraction of sp³-hybridized carbons (Fsp3) is 0.294. The Hall–Kier alpha value is -2.19. The molecule has 1 aromatic carbocycles. The van der Waals surface area contributed by atoms with Crippen molar-refractivity contribution in [2.24, 2.45) is 0 Å². The first-order chi connectivity index (χ1) is 12.1. The number of nitrogens with one attached hydrogen (secondary N) is 1. The van der Waals surface area contributed by atoms with E-state index < -0.39 is 0 Å². The molecule has 130 valence electrons. The molecular formula is C17H19N5OS2. The van der Waals surface area contributed by atoms with Gasteiger partial charge in [-0.05, 0) is 19.9 Å². The zero-order valence-corrected chi connectivity index (χ0v) is 15.9. The summed E-state index contributed by atoms with van der Waals surface area (Å²) in [4.78, 5) is 15.5.